The normalized spacial score (nSPS) is 22.3. The summed E-state index contributed by atoms with van der Waals surface area (Å²) in [6.45, 7) is 15.4. The predicted octanol–water partition coefficient (Wildman–Crippen LogP) is 5.65. The zero-order valence-electron chi connectivity index (χ0n) is 19.1. The van der Waals surface area contributed by atoms with Crippen LogP contribution in [0.3, 0.4) is 0 Å². The zero-order chi connectivity index (χ0) is 21.5. The highest BCUT2D eigenvalue weighted by Crippen LogP contribution is 2.35. The summed E-state index contributed by atoms with van der Waals surface area (Å²) in [5.41, 5.74) is 2.54. The Bertz CT molecular complexity index is 853. The lowest BCUT2D eigenvalue weighted by Crippen LogP contribution is -2.43. The maximum atomic E-state index is 5.26. The van der Waals surface area contributed by atoms with Gasteiger partial charge in [-0.3, -0.25) is 9.98 Å². The number of hydrogen-bond donors (Lipinski definition) is 0. The van der Waals surface area contributed by atoms with E-state index in [-0.39, 0.29) is 22.9 Å². The van der Waals surface area contributed by atoms with E-state index in [2.05, 4.69) is 112 Å². The molecule has 4 nitrogen and oxygen atoms in total. The first-order chi connectivity index (χ1) is 14.1. The minimum atomic E-state index is 0.0922. The molecule has 4 heteroatoms. The maximum Gasteiger partial charge on any atom is 0.172 e. The molecule has 2 atom stereocenters. The van der Waals surface area contributed by atoms with Gasteiger partial charge in [0.05, 0.1) is 12.1 Å². The van der Waals surface area contributed by atoms with Gasteiger partial charge in [0.15, 0.2) is 11.7 Å². The molecule has 0 saturated heterocycles. The molecule has 0 spiro atoms. The number of aliphatic imine (C=N–C) groups is 2. The number of para-hydroxylation sites is 2. The fraction of sp³-hybridized carbons (Fsp3) is 0.462. The van der Waals surface area contributed by atoms with Crippen LogP contribution in [0.15, 0.2) is 70.6 Å². The van der Waals surface area contributed by atoms with E-state index in [1.165, 1.54) is 11.4 Å². The minimum Gasteiger partial charge on any atom is -0.321 e. The third kappa shape index (κ3) is 4.00. The molecule has 0 aliphatic carbocycles. The van der Waals surface area contributed by atoms with E-state index in [9.17, 15) is 0 Å². The van der Waals surface area contributed by atoms with E-state index in [4.69, 9.17) is 9.98 Å². The van der Waals surface area contributed by atoms with E-state index < -0.39 is 0 Å². The van der Waals surface area contributed by atoms with Crippen molar-refractivity contribution in [3.8, 4) is 0 Å². The molecule has 0 N–H and O–H groups in total. The third-order valence-electron chi connectivity index (χ3n) is 6.11. The molecular formula is C26H34N4. The molecule has 0 saturated carbocycles. The van der Waals surface area contributed by atoms with Crippen LogP contribution in [0.2, 0.25) is 0 Å². The van der Waals surface area contributed by atoms with Crippen molar-refractivity contribution in [2.45, 2.75) is 53.6 Å². The van der Waals surface area contributed by atoms with Crippen LogP contribution in [0.25, 0.3) is 0 Å². The monoisotopic (exact) mass is 402 g/mol. The molecule has 0 amide bonds. The summed E-state index contributed by atoms with van der Waals surface area (Å²) in [7, 11) is 0. The summed E-state index contributed by atoms with van der Waals surface area (Å²) < 4.78 is 0. The first-order valence-corrected chi connectivity index (χ1v) is 11.0. The topological polar surface area (TPSA) is 31.2 Å². The number of anilines is 2. The van der Waals surface area contributed by atoms with Crippen molar-refractivity contribution in [2.75, 3.05) is 22.9 Å². The van der Waals surface area contributed by atoms with Crippen LogP contribution in [-0.2, 0) is 0 Å². The van der Waals surface area contributed by atoms with E-state index in [0.29, 0.717) is 0 Å². The Kier molecular flexibility index (Phi) is 5.21. The molecule has 0 radical (unpaired) electrons. The van der Waals surface area contributed by atoms with Crippen molar-refractivity contribution in [1.82, 2.24) is 0 Å². The Balaban J connectivity index is 1.81. The SMILES string of the molecule is CC(C)(C)[C@H]1CN(c2ccccc2)C(C2=N[C@@H](C(C)(C)C)CN2c2ccccc2)=N1. The Morgan fingerprint density at radius 1 is 0.600 bits per heavy atom. The van der Waals surface area contributed by atoms with Crippen LogP contribution in [0.1, 0.15) is 41.5 Å². The zero-order valence-corrected chi connectivity index (χ0v) is 19.1. The Labute approximate surface area is 181 Å². The third-order valence-corrected chi connectivity index (χ3v) is 6.11. The lowest BCUT2D eigenvalue weighted by molar-refractivity contribution is 0.337. The second-order valence-electron chi connectivity index (χ2n) is 10.6. The average molecular weight is 403 g/mol. The smallest absolute Gasteiger partial charge is 0.172 e. The summed E-state index contributed by atoms with van der Waals surface area (Å²) in [6.07, 6.45) is 0. The molecule has 2 aliphatic heterocycles. The molecular weight excluding hydrogens is 368 g/mol. The molecule has 0 bridgehead atoms. The van der Waals surface area contributed by atoms with Gasteiger partial charge in [-0.15, -0.1) is 0 Å². The van der Waals surface area contributed by atoms with Crippen LogP contribution in [0, 0.1) is 10.8 Å². The van der Waals surface area contributed by atoms with Crippen molar-refractivity contribution in [1.29, 1.82) is 0 Å². The second kappa shape index (κ2) is 7.57. The van der Waals surface area contributed by atoms with E-state index >= 15 is 0 Å². The van der Waals surface area contributed by atoms with Crippen molar-refractivity contribution in [3.05, 3.63) is 60.7 Å². The van der Waals surface area contributed by atoms with Crippen LogP contribution in [0.5, 0.6) is 0 Å². The summed E-state index contributed by atoms with van der Waals surface area (Å²) in [4.78, 5) is 15.2. The van der Waals surface area contributed by atoms with Gasteiger partial charge in [-0.2, -0.15) is 0 Å². The van der Waals surface area contributed by atoms with Gasteiger partial charge in [0, 0.05) is 24.5 Å². The molecule has 2 aromatic carbocycles. The molecule has 2 heterocycles. The first-order valence-electron chi connectivity index (χ1n) is 11.0. The van der Waals surface area contributed by atoms with Gasteiger partial charge in [-0.25, -0.2) is 0 Å². The van der Waals surface area contributed by atoms with E-state index in [1.54, 1.807) is 0 Å². The molecule has 158 valence electrons. The van der Waals surface area contributed by atoms with Crippen LogP contribution in [0.4, 0.5) is 11.4 Å². The maximum absolute atomic E-state index is 5.26. The number of amidine groups is 2. The van der Waals surface area contributed by atoms with Crippen molar-refractivity contribution < 1.29 is 0 Å². The van der Waals surface area contributed by atoms with Gasteiger partial charge in [-0.1, -0.05) is 77.9 Å². The van der Waals surface area contributed by atoms with Gasteiger partial charge >= 0.3 is 0 Å². The molecule has 0 fully saturated rings. The molecule has 30 heavy (non-hydrogen) atoms. The second-order valence-corrected chi connectivity index (χ2v) is 10.6. The Morgan fingerprint density at radius 3 is 1.23 bits per heavy atom. The highest BCUT2D eigenvalue weighted by atomic mass is 15.4. The lowest BCUT2D eigenvalue weighted by atomic mass is 9.87. The highest BCUT2D eigenvalue weighted by Gasteiger charge is 2.42. The van der Waals surface area contributed by atoms with Crippen molar-refractivity contribution >= 4 is 23.0 Å². The number of benzene rings is 2. The molecule has 4 rings (SSSR count). The van der Waals surface area contributed by atoms with E-state index in [1.807, 2.05) is 0 Å². The van der Waals surface area contributed by atoms with Crippen LogP contribution in [-0.4, -0.2) is 36.8 Å². The summed E-state index contributed by atoms with van der Waals surface area (Å²) >= 11 is 0. The number of hydrogen-bond acceptors (Lipinski definition) is 4. The minimum absolute atomic E-state index is 0.0922. The summed E-state index contributed by atoms with van der Waals surface area (Å²) in [6, 6.07) is 21.7. The van der Waals surface area contributed by atoms with Crippen molar-refractivity contribution in [2.24, 2.45) is 20.8 Å². The van der Waals surface area contributed by atoms with Gasteiger partial charge in [0.1, 0.15) is 0 Å². The average Bonchev–Trinajstić information content (AvgIpc) is 3.33. The van der Waals surface area contributed by atoms with Gasteiger partial charge < -0.3 is 9.80 Å². The van der Waals surface area contributed by atoms with Crippen LogP contribution >= 0.6 is 0 Å². The summed E-state index contributed by atoms with van der Waals surface area (Å²) in [5.74, 6) is 1.99. The first kappa shape index (κ1) is 20.6. The fourth-order valence-electron chi connectivity index (χ4n) is 4.00. The molecule has 0 aromatic heterocycles. The highest BCUT2D eigenvalue weighted by molar-refractivity contribution is 6.50. The number of nitrogens with zero attached hydrogens (tertiary/aromatic N) is 4. The molecule has 2 aliphatic rings. The fourth-order valence-corrected chi connectivity index (χ4v) is 4.00. The number of rotatable bonds is 3. The van der Waals surface area contributed by atoms with E-state index in [0.717, 1.165) is 24.8 Å². The Morgan fingerprint density at radius 2 is 0.933 bits per heavy atom. The molecule has 2 aromatic rings. The summed E-state index contributed by atoms with van der Waals surface area (Å²) in [5, 5.41) is 0. The quantitative estimate of drug-likeness (QED) is 0.664. The van der Waals surface area contributed by atoms with Gasteiger partial charge in [0.25, 0.3) is 0 Å². The van der Waals surface area contributed by atoms with Gasteiger partial charge in [-0.05, 0) is 35.1 Å². The largest absolute Gasteiger partial charge is 0.321 e. The predicted molar refractivity (Wildman–Crippen MR) is 129 cm³/mol. The Hall–Kier alpha value is -2.62. The van der Waals surface area contributed by atoms with Crippen molar-refractivity contribution in [3.63, 3.8) is 0 Å². The standard InChI is InChI=1S/C26H34N4/c1-25(2,3)21-17-29(19-13-9-7-10-14-19)23(27-21)24-28-22(26(4,5)6)18-30(24)20-15-11-8-12-16-20/h7-16,21-22H,17-18H2,1-6H3/t21-,22-/m1/s1. The van der Waals surface area contributed by atoms with Crippen LogP contribution < -0.4 is 9.80 Å². The van der Waals surface area contributed by atoms with Gasteiger partial charge in [0.2, 0.25) is 0 Å². The lowest BCUT2D eigenvalue weighted by Gasteiger charge is -2.28. The molecule has 0 unspecified atom stereocenters.